The zero-order valence-corrected chi connectivity index (χ0v) is 13.2. The summed E-state index contributed by atoms with van der Waals surface area (Å²) in [6.45, 7) is 3.91. The Morgan fingerprint density at radius 1 is 1.20 bits per heavy atom. The van der Waals surface area contributed by atoms with Crippen molar-refractivity contribution in [2.45, 2.75) is 50.9 Å². The van der Waals surface area contributed by atoms with Crippen LogP contribution in [0.15, 0.2) is 12.1 Å². The van der Waals surface area contributed by atoms with E-state index >= 15 is 0 Å². The molecule has 1 saturated carbocycles. The molecule has 2 rings (SSSR count). The topological polar surface area (TPSA) is 69.4 Å². The number of aryl methyl sites for hydroxylation is 2. The number of ether oxygens (including phenoxy) is 1. The molecule has 0 spiro atoms. The van der Waals surface area contributed by atoms with Crippen LogP contribution in [-0.2, 0) is 9.84 Å². The highest BCUT2D eigenvalue weighted by atomic mass is 32.2. The van der Waals surface area contributed by atoms with E-state index < -0.39 is 9.84 Å². The number of benzene rings is 1. The van der Waals surface area contributed by atoms with Gasteiger partial charge in [0.1, 0.15) is 15.6 Å². The van der Waals surface area contributed by atoms with Gasteiger partial charge < -0.3 is 10.5 Å². The first-order valence-electron chi connectivity index (χ1n) is 6.99. The Labute approximate surface area is 121 Å². The largest absolute Gasteiger partial charge is 0.490 e. The minimum atomic E-state index is -2.98. The summed E-state index contributed by atoms with van der Waals surface area (Å²) >= 11 is 0. The van der Waals surface area contributed by atoms with Crippen molar-refractivity contribution < 1.29 is 13.2 Å². The summed E-state index contributed by atoms with van der Waals surface area (Å²) < 4.78 is 29.4. The SMILES string of the molecule is Cc1cc(OC2CCCC(S(C)(=O)=O)C2)c(C)cc1N. The second-order valence-electron chi connectivity index (χ2n) is 5.83. The molecule has 1 aliphatic rings. The molecule has 4 nitrogen and oxygen atoms in total. The fourth-order valence-corrected chi connectivity index (χ4v) is 3.88. The first kappa shape index (κ1) is 15.2. The molecule has 2 N–H and O–H groups in total. The van der Waals surface area contributed by atoms with Crippen molar-refractivity contribution in [2.75, 3.05) is 12.0 Å². The molecular formula is C15H23NO3S. The molecule has 2 unspecified atom stereocenters. The van der Waals surface area contributed by atoms with Crippen LogP contribution in [0, 0.1) is 13.8 Å². The molecule has 2 atom stereocenters. The number of hydrogen-bond acceptors (Lipinski definition) is 4. The molecule has 0 aliphatic heterocycles. The van der Waals surface area contributed by atoms with Crippen LogP contribution in [0.1, 0.15) is 36.8 Å². The summed E-state index contributed by atoms with van der Waals surface area (Å²) in [5.74, 6) is 0.816. The minimum Gasteiger partial charge on any atom is -0.490 e. The van der Waals surface area contributed by atoms with Gasteiger partial charge in [-0.1, -0.05) is 0 Å². The van der Waals surface area contributed by atoms with E-state index in [0.29, 0.717) is 6.42 Å². The predicted octanol–water partition coefficient (Wildman–Crippen LogP) is 2.62. The number of nitrogen functional groups attached to an aromatic ring is 1. The Morgan fingerprint density at radius 3 is 2.55 bits per heavy atom. The third kappa shape index (κ3) is 3.45. The van der Waals surface area contributed by atoms with Crippen LogP contribution >= 0.6 is 0 Å². The average Bonchev–Trinajstić information content (AvgIpc) is 2.35. The van der Waals surface area contributed by atoms with E-state index in [4.69, 9.17) is 10.5 Å². The fraction of sp³-hybridized carbons (Fsp3) is 0.600. The third-order valence-corrected chi connectivity index (χ3v) is 5.68. The number of rotatable bonds is 3. The van der Waals surface area contributed by atoms with Gasteiger partial charge in [0.15, 0.2) is 0 Å². The predicted molar refractivity (Wildman–Crippen MR) is 81.8 cm³/mol. The van der Waals surface area contributed by atoms with E-state index in [2.05, 4.69) is 0 Å². The van der Waals surface area contributed by atoms with E-state index in [0.717, 1.165) is 41.8 Å². The highest BCUT2D eigenvalue weighted by molar-refractivity contribution is 7.91. The van der Waals surface area contributed by atoms with E-state index in [1.807, 2.05) is 26.0 Å². The zero-order chi connectivity index (χ0) is 14.9. The van der Waals surface area contributed by atoms with Gasteiger partial charge in [0, 0.05) is 18.4 Å². The molecule has 0 heterocycles. The van der Waals surface area contributed by atoms with Gasteiger partial charge in [0.2, 0.25) is 0 Å². The number of sulfone groups is 1. The van der Waals surface area contributed by atoms with Gasteiger partial charge in [0.25, 0.3) is 0 Å². The lowest BCUT2D eigenvalue weighted by atomic mass is 9.97. The molecule has 0 bridgehead atoms. The van der Waals surface area contributed by atoms with E-state index in [1.165, 1.54) is 6.26 Å². The second kappa shape index (κ2) is 5.64. The number of anilines is 1. The molecule has 1 fully saturated rings. The fourth-order valence-electron chi connectivity index (χ4n) is 2.72. The molecule has 1 aromatic rings. The quantitative estimate of drug-likeness (QED) is 0.871. The average molecular weight is 297 g/mol. The summed E-state index contributed by atoms with van der Waals surface area (Å²) in [4.78, 5) is 0. The van der Waals surface area contributed by atoms with Gasteiger partial charge in [0.05, 0.1) is 11.4 Å². The summed E-state index contributed by atoms with van der Waals surface area (Å²) in [6, 6.07) is 3.84. The van der Waals surface area contributed by atoms with Crippen LogP contribution in [0.25, 0.3) is 0 Å². The molecule has 112 valence electrons. The van der Waals surface area contributed by atoms with Crippen molar-refractivity contribution in [1.82, 2.24) is 0 Å². The Balaban J connectivity index is 2.12. The molecular weight excluding hydrogens is 274 g/mol. The van der Waals surface area contributed by atoms with Crippen molar-refractivity contribution in [1.29, 1.82) is 0 Å². The first-order valence-corrected chi connectivity index (χ1v) is 8.95. The summed E-state index contributed by atoms with van der Waals surface area (Å²) in [5, 5.41) is -0.267. The van der Waals surface area contributed by atoms with Gasteiger partial charge in [-0.25, -0.2) is 8.42 Å². The van der Waals surface area contributed by atoms with Gasteiger partial charge in [-0.3, -0.25) is 0 Å². The Hall–Kier alpha value is -1.23. The highest BCUT2D eigenvalue weighted by Gasteiger charge is 2.30. The van der Waals surface area contributed by atoms with Gasteiger partial charge in [-0.2, -0.15) is 0 Å². The Bertz CT molecular complexity index is 595. The van der Waals surface area contributed by atoms with Crippen molar-refractivity contribution in [2.24, 2.45) is 0 Å². The Morgan fingerprint density at radius 2 is 1.90 bits per heavy atom. The summed E-state index contributed by atoms with van der Waals surface area (Å²) in [7, 11) is -2.98. The van der Waals surface area contributed by atoms with E-state index in [1.54, 1.807) is 0 Å². The second-order valence-corrected chi connectivity index (χ2v) is 8.16. The normalized spacial score (nSPS) is 23.6. The van der Waals surface area contributed by atoms with Gasteiger partial charge in [-0.15, -0.1) is 0 Å². The van der Waals surface area contributed by atoms with Crippen LogP contribution < -0.4 is 10.5 Å². The molecule has 20 heavy (non-hydrogen) atoms. The maximum absolute atomic E-state index is 11.7. The molecule has 0 amide bonds. The lowest BCUT2D eigenvalue weighted by Crippen LogP contribution is -2.33. The van der Waals surface area contributed by atoms with E-state index in [9.17, 15) is 8.42 Å². The van der Waals surface area contributed by atoms with Crippen LogP contribution in [0.4, 0.5) is 5.69 Å². The zero-order valence-electron chi connectivity index (χ0n) is 12.3. The maximum atomic E-state index is 11.7. The lowest BCUT2D eigenvalue weighted by molar-refractivity contribution is 0.155. The summed E-state index contributed by atoms with van der Waals surface area (Å²) in [5.41, 5.74) is 8.61. The number of hydrogen-bond donors (Lipinski definition) is 1. The Kier molecular flexibility index (Phi) is 4.28. The lowest BCUT2D eigenvalue weighted by Gasteiger charge is -2.29. The van der Waals surface area contributed by atoms with E-state index in [-0.39, 0.29) is 11.4 Å². The molecule has 1 aromatic carbocycles. The van der Waals surface area contributed by atoms with Crippen LogP contribution in [0.3, 0.4) is 0 Å². The first-order chi connectivity index (χ1) is 9.27. The van der Waals surface area contributed by atoms with Crippen molar-refractivity contribution >= 4 is 15.5 Å². The molecule has 5 heteroatoms. The monoisotopic (exact) mass is 297 g/mol. The van der Waals surface area contributed by atoms with Crippen LogP contribution in [-0.4, -0.2) is 26.0 Å². The summed E-state index contributed by atoms with van der Waals surface area (Å²) in [6.07, 6.45) is 4.44. The van der Waals surface area contributed by atoms with Crippen LogP contribution in [0.2, 0.25) is 0 Å². The molecule has 0 saturated heterocycles. The van der Waals surface area contributed by atoms with Crippen molar-refractivity contribution in [3.8, 4) is 5.75 Å². The maximum Gasteiger partial charge on any atom is 0.150 e. The van der Waals surface area contributed by atoms with Crippen molar-refractivity contribution in [3.05, 3.63) is 23.3 Å². The van der Waals surface area contributed by atoms with Crippen LogP contribution in [0.5, 0.6) is 5.75 Å². The smallest absolute Gasteiger partial charge is 0.150 e. The molecule has 0 aromatic heterocycles. The highest BCUT2D eigenvalue weighted by Crippen LogP contribution is 2.30. The molecule has 0 radical (unpaired) electrons. The third-order valence-electron chi connectivity index (χ3n) is 4.04. The minimum absolute atomic E-state index is 0.0230. The van der Waals surface area contributed by atoms with Gasteiger partial charge >= 0.3 is 0 Å². The standard InChI is InChI=1S/C15H23NO3S/c1-10-8-15(11(2)7-14(10)16)19-12-5-4-6-13(9-12)20(3,17)18/h7-8,12-13H,4-6,9,16H2,1-3H3. The molecule has 1 aliphatic carbocycles. The van der Waals surface area contributed by atoms with Crippen molar-refractivity contribution in [3.63, 3.8) is 0 Å². The van der Waals surface area contributed by atoms with Gasteiger partial charge in [-0.05, 0) is 56.4 Å². The number of nitrogens with two attached hydrogens (primary N) is 1.